The second-order valence-electron chi connectivity index (χ2n) is 5.41. The van der Waals surface area contributed by atoms with E-state index in [-0.39, 0.29) is 6.42 Å². The van der Waals surface area contributed by atoms with Crippen LogP contribution in [0, 0.1) is 0 Å². The van der Waals surface area contributed by atoms with Gasteiger partial charge in [0.05, 0.1) is 6.10 Å². The molecule has 104 valence electrons. The Balaban J connectivity index is 1.96. The van der Waals surface area contributed by atoms with E-state index in [2.05, 4.69) is 0 Å². The van der Waals surface area contributed by atoms with Crippen molar-refractivity contribution in [2.75, 3.05) is 0 Å². The number of para-hydroxylation sites is 1. The van der Waals surface area contributed by atoms with Crippen molar-refractivity contribution < 1.29 is 19.7 Å². The van der Waals surface area contributed by atoms with E-state index in [0.717, 1.165) is 24.2 Å². The Labute approximate surface area is 113 Å². The van der Waals surface area contributed by atoms with E-state index in [4.69, 9.17) is 9.84 Å². The van der Waals surface area contributed by atoms with Gasteiger partial charge in [-0.05, 0) is 32.3 Å². The van der Waals surface area contributed by atoms with Gasteiger partial charge in [0.15, 0.2) is 0 Å². The number of carbonyl (C=O) groups is 1. The van der Waals surface area contributed by atoms with Crippen molar-refractivity contribution in [2.24, 2.45) is 0 Å². The first-order valence-corrected chi connectivity index (χ1v) is 6.68. The summed E-state index contributed by atoms with van der Waals surface area (Å²) in [6.45, 7) is 1.98. The van der Waals surface area contributed by atoms with E-state index in [1.165, 1.54) is 0 Å². The number of hydrogen-bond acceptors (Lipinski definition) is 3. The maximum Gasteiger partial charge on any atom is 0.303 e. The molecule has 0 aromatic heterocycles. The van der Waals surface area contributed by atoms with E-state index in [1.807, 2.05) is 31.2 Å². The first-order chi connectivity index (χ1) is 9.00. The number of benzene rings is 1. The third-order valence-corrected chi connectivity index (χ3v) is 3.61. The second kappa shape index (κ2) is 5.61. The Morgan fingerprint density at radius 3 is 2.89 bits per heavy atom. The summed E-state index contributed by atoms with van der Waals surface area (Å²) < 4.78 is 5.99. The molecule has 0 radical (unpaired) electrons. The molecule has 2 atom stereocenters. The zero-order chi connectivity index (χ0) is 13.9. The van der Waals surface area contributed by atoms with Gasteiger partial charge in [0.1, 0.15) is 11.4 Å². The van der Waals surface area contributed by atoms with Crippen molar-refractivity contribution >= 4 is 5.97 Å². The number of aliphatic hydroxyl groups is 1. The number of carboxylic acids is 1. The lowest BCUT2D eigenvalue weighted by Gasteiger charge is -2.38. The molecule has 19 heavy (non-hydrogen) atoms. The minimum atomic E-state index is -0.764. The summed E-state index contributed by atoms with van der Waals surface area (Å²) in [5.74, 6) is -0.0259. The zero-order valence-corrected chi connectivity index (χ0v) is 11.1. The molecular formula is C15H20O4. The highest BCUT2D eigenvalue weighted by atomic mass is 16.5. The molecule has 2 N–H and O–H groups in total. The van der Waals surface area contributed by atoms with E-state index in [1.54, 1.807) is 0 Å². The average Bonchev–Trinajstić information content (AvgIpc) is 2.34. The third-order valence-electron chi connectivity index (χ3n) is 3.61. The summed E-state index contributed by atoms with van der Waals surface area (Å²) in [7, 11) is 0. The summed E-state index contributed by atoms with van der Waals surface area (Å²) in [5, 5.41) is 18.8. The van der Waals surface area contributed by atoms with Gasteiger partial charge in [0.2, 0.25) is 0 Å². The fourth-order valence-electron chi connectivity index (χ4n) is 2.60. The van der Waals surface area contributed by atoms with Crippen LogP contribution in [0.2, 0.25) is 0 Å². The van der Waals surface area contributed by atoms with Crippen molar-refractivity contribution in [3.8, 4) is 5.75 Å². The molecule has 0 spiro atoms. The van der Waals surface area contributed by atoms with Crippen LogP contribution in [0.4, 0.5) is 0 Å². The van der Waals surface area contributed by atoms with E-state index < -0.39 is 17.7 Å². The van der Waals surface area contributed by atoms with Crippen LogP contribution < -0.4 is 4.74 Å². The molecule has 0 saturated carbocycles. The molecule has 1 aromatic carbocycles. The molecular weight excluding hydrogens is 244 g/mol. The summed E-state index contributed by atoms with van der Waals surface area (Å²) in [6.07, 6.45) is 2.43. The van der Waals surface area contributed by atoms with Crippen LogP contribution in [-0.4, -0.2) is 21.8 Å². The lowest BCUT2D eigenvalue weighted by atomic mass is 9.86. The quantitative estimate of drug-likeness (QED) is 0.802. The van der Waals surface area contributed by atoms with Gasteiger partial charge in [-0.1, -0.05) is 18.2 Å². The topological polar surface area (TPSA) is 66.8 Å². The Kier molecular flexibility index (Phi) is 4.10. The molecule has 0 amide bonds. The maximum atomic E-state index is 10.5. The van der Waals surface area contributed by atoms with Crippen LogP contribution in [0.3, 0.4) is 0 Å². The van der Waals surface area contributed by atoms with Crippen molar-refractivity contribution in [3.63, 3.8) is 0 Å². The van der Waals surface area contributed by atoms with Gasteiger partial charge in [0, 0.05) is 18.4 Å². The van der Waals surface area contributed by atoms with Crippen molar-refractivity contribution in [2.45, 2.75) is 50.7 Å². The lowest BCUT2D eigenvalue weighted by Crippen LogP contribution is -2.38. The largest absolute Gasteiger partial charge is 0.487 e. The summed E-state index contributed by atoms with van der Waals surface area (Å²) in [6, 6.07) is 7.53. The molecule has 1 aromatic rings. The monoisotopic (exact) mass is 264 g/mol. The number of carboxylic acid groups (broad SMARTS) is 1. The molecule has 2 rings (SSSR count). The Bertz CT molecular complexity index is 457. The second-order valence-corrected chi connectivity index (χ2v) is 5.41. The molecule has 1 aliphatic rings. The first-order valence-electron chi connectivity index (χ1n) is 6.68. The Morgan fingerprint density at radius 1 is 1.42 bits per heavy atom. The number of aliphatic carboxylic acids is 1. The number of aliphatic hydroxyl groups excluding tert-OH is 1. The van der Waals surface area contributed by atoms with Crippen LogP contribution in [0.25, 0.3) is 0 Å². The van der Waals surface area contributed by atoms with Crippen molar-refractivity contribution in [3.05, 3.63) is 29.8 Å². The molecule has 1 heterocycles. The zero-order valence-electron chi connectivity index (χ0n) is 11.1. The van der Waals surface area contributed by atoms with Gasteiger partial charge in [-0.3, -0.25) is 4.79 Å². The highest BCUT2D eigenvalue weighted by molar-refractivity contribution is 5.66. The number of hydrogen-bond donors (Lipinski definition) is 2. The normalized spacial score (nSPS) is 25.5. The highest BCUT2D eigenvalue weighted by Gasteiger charge is 2.35. The van der Waals surface area contributed by atoms with Crippen molar-refractivity contribution in [1.82, 2.24) is 0 Å². The fraction of sp³-hybridized carbons (Fsp3) is 0.533. The molecule has 0 aliphatic carbocycles. The standard InChI is InChI=1S/C15H20O4/c1-15(9-5-4-8-14(17)18)10-12(16)11-6-2-3-7-13(11)19-15/h2-3,6-7,12,16H,4-5,8-10H2,1H3,(H,17,18). The Morgan fingerprint density at radius 2 is 2.16 bits per heavy atom. The smallest absolute Gasteiger partial charge is 0.303 e. The first kappa shape index (κ1) is 13.9. The van der Waals surface area contributed by atoms with Crippen LogP contribution >= 0.6 is 0 Å². The minimum absolute atomic E-state index is 0.190. The van der Waals surface area contributed by atoms with Crippen LogP contribution in [0.15, 0.2) is 24.3 Å². The predicted molar refractivity (Wildman–Crippen MR) is 71.2 cm³/mol. The predicted octanol–water partition coefficient (Wildman–Crippen LogP) is 2.91. The molecule has 0 saturated heterocycles. The number of rotatable bonds is 5. The lowest BCUT2D eigenvalue weighted by molar-refractivity contribution is -0.137. The molecule has 0 bridgehead atoms. The van der Waals surface area contributed by atoms with Crippen LogP contribution in [0.5, 0.6) is 5.75 Å². The molecule has 4 nitrogen and oxygen atoms in total. The number of fused-ring (bicyclic) bond motifs is 1. The van der Waals surface area contributed by atoms with E-state index in [9.17, 15) is 9.90 Å². The summed E-state index contributed by atoms with van der Waals surface area (Å²) >= 11 is 0. The maximum absolute atomic E-state index is 10.5. The van der Waals surface area contributed by atoms with Crippen LogP contribution in [-0.2, 0) is 4.79 Å². The Hall–Kier alpha value is -1.55. The minimum Gasteiger partial charge on any atom is -0.487 e. The summed E-state index contributed by atoms with van der Waals surface area (Å²) in [5.41, 5.74) is 0.428. The number of ether oxygens (including phenoxy) is 1. The molecule has 1 aliphatic heterocycles. The van der Waals surface area contributed by atoms with Gasteiger partial charge < -0.3 is 14.9 Å². The molecule has 4 heteroatoms. The van der Waals surface area contributed by atoms with E-state index >= 15 is 0 Å². The van der Waals surface area contributed by atoms with Crippen LogP contribution in [0.1, 0.15) is 50.7 Å². The SMILES string of the molecule is CC1(CCCCC(=O)O)CC(O)c2ccccc2O1. The summed E-state index contributed by atoms with van der Waals surface area (Å²) in [4.78, 5) is 10.5. The van der Waals surface area contributed by atoms with Gasteiger partial charge in [0.25, 0.3) is 0 Å². The third kappa shape index (κ3) is 3.47. The molecule has 2 unspecified atom stereocenters. The highest BCUT2D eigenvalue weighted by Crippen LogP contribution is 2.41. The average molecular weight is 264 g/mol. The van der Waals surface area contributed by atoms with E-state index in [0.29, 0.717) is 12.8 Å². The van der Waals surface area contributed by atoms with Gasteiger partial charge in [-0.25, -0.2) is 0 Å². The van der Waals surface area contributed by atoms with Gasteiger partial charge in [-0.2, -0.15) is 0 Å². The molecule has 0 fully saturated rings. The van der Waals surface area contributed by atoms with Gasteiger partial charge in [-0.15, -0.1) is 0 Å². The van der Waals surface area contributed by atoms with Crippen molar-refractivity contribution in [1.29, 1.82) is 0 Å². The van der Waals surface area contributed by atoms with Gasteiger partial charge >= 0.3 is 5.97 Å². The number of unbranched alkanes of at least 4 members (excludes halogenated alkanes) is 1. The fourth-order valence-corrected chi connectivity index (χ4v) is 2.60.